The summed E-state index contributed by atoms with van der Waals surface area (Å²) in [6, 6.07) is 15.3. The highest BCUT2D eigenvalue weighted by Crippen LogP contribution is 2.32. The van der Waals surface area contributed by atoms with Crippen molar-refractivity contribution in [2.45, 2.75) is 18.3 Å². The zero-order chi connectivity index (χ0) is 12.4. The van der Waals surface area contributed by atoms with Gasteiger partial charge in [-0.05, 0) is 29.7 Å². The van der Waals surface area contributed by atoms with Crippen LogP contribution in [-0.2, 0) is 15.6 Å². The van der Waals surface area contributed by atoms with E-state index in [0.717, 1.165) is 0 Å². The molecule has 18 heavy (non-hydrogen) atoms. The summed E-state index contributed by atoms with van der Waals surface area (Å²) in [5.41, 5.74) is 1.65. The third-order valence-corrected chi connectivity index (χ3v) is 6.32. The Kier molecular flexibility index (Phi) is 3.57. The standard InChI is InChI=1S/C16H19OS/c1-17-16(18-10-4-5-11-18)15-9-8-13-6-2-3-7-14(13)12-15/h2-3,6-9,12,16H,4-5,10-11H2,1H3/q+1. The number of hydrogen-bond acceptors (Lipinski definition) is 1. The molecule has 1 heterocycles. The molecule has 3 rings (SSSR count). The fourth-order valence-electron chi connectivity index (χ4n) is 2.71. The van der Waals surface area contributed by atoms with Crippen molar-refractivity contribution in [3.63, 3.8) is 0 Å². The molecule has 1 aliphatic heterocycles. The third-order valence-electron chi connectivity index (χ3n) is 3.63. The lowest BCUT2D eigenvalue weighted by molar-refractivity contribution is 0.173. The fraction of sp³-hybridized carbons (Fsp3) is 0.375. The second kappa shape index (κ2) is 5.33. The summed E-state index contributed by atoms with van der Waals surface area (Å²) in [5.74, 6) is 2.68. The van der Waals surface area contributed by atoms with Crippen molar-refractivity contribution in [3.05, 3.63) is 48.0 Å². The summed E-state index contributed by atoms with van der Waals surface area (Å²) in [6.45, 7) is 0. The fourth-order valence-corrected chi connectivity index (χ4v) is 5.30. The van der Waals surface area contributed by atoms with E-state index < -0.39 is 0 Å². The van der Waals surface area contributed by atoms with Crippen LogP contribution in [0.2, 0.25) is 0 Å². The summed E-state index contributed by atoms with van der Waals surface area (Å²) >= 11 is 0. The van der Waals surface area contributed by atoms with Crippen LogP contribution < -0.4 is 0 Å². The predicted molar refractivity (Wildman–Crippen MR) is 80.0 cm³/mol. The van der Waals surface area contributed by atoms with Crippen LogP contribution in [0.1, 0.15) is 23.8 Å². The lowest BCUT2D eigenvalue weighted by Gasteiger charge is -2.15. The van der Waals surface area contributed by atoms with Gasteiger partial charge in [0, 0.05) is 23.6 Å². The van der Waals surface area contributed by atoms with E-state index in [4.69, 9.17) is 4.74 Å². The van der Waals surface area contributed by atoms with Crippen molar-refractivity contribution in [2.24, 2.45) is 0 Å². The lowest BCUT2D eigenvalue weighted by Crippen LogP contribution is -2.17. The Hall–Kier alpha value is -0.990. The van der Waals surface area contributed by atoms with Gasteiger partial charge in [0.1, 0.15) is 11.5 Å². The first-order valence-corrected chi connectivity index (χ1v) is 8.19. The van der Waals surface area contributed by atoms with E-state index in [0.29, 0.717) is 16.3 Å². The minimum absolute atomic E-state index is 0.303. The molecule has 1 saturated heterocycles. The zero-order valence-electron chi connectivity index (χ0n) is 10.8. The Bertz CT molecular complexity index is 531. The maximum atomic E-state index is 5.78. The normalized spacial score (nSPS) is 18.3. The molecular formula is C16H19OS+. The highest BCUT2D eigenvalue weighted by Gasteiger charge is 2.35. The molecule has 0 bridgehead atoms. The Morgan fingerprint density at radius 2 is 1.72 bits per heavy atom. The molecule has 0 aliphatic carbocycles. The van der Waals surface area contributed by atoms with Gasteiger partial charge in [0.25, 0.3) is 0 Å². The highest BCUT2D eigenvalue weighted by molar-refractivity contribution is 7.97. The van der Waals surface area contributed by atoms with Crippen LogP contribution in [0.15, 0.2) is 42.5 Å². The molecule has 1 aliphatic rings. The van der Waals surface area contributed by atoms with E-state index in [9.17, 15) is 0 Å². The van der Waals surface area contributed by atoms with E-state index >= 15 is 0 Å². The second-order valence-corrected chi connectivity index (χ2v) is 7.15. The Balaban J connectivity index is 1.96. The first-order chi connectivity index (χ1) is 8.88. The highest BCUT2D eigenvalue weighted by atomic mass is 32.2. The van der Waals surface area contributed by atoms with E-state index in [-0.39, 0.29) is 0 Å². The molecule has 1 fully saturated rings. The van der Waals surface area contributed by atoms with E-state index in [1.807, 2.05) is 7.11 Å². The number of rotatable bonds is 3. The molecule has 0 amide bonds. The SMILES string of the molecule is COC(c1ccc2ccccc2c1)[S+]1CCCC1. The second-order valence-electron chi connectivity index (χ2n) is 4.83. The number of benzene rings is 2. The van der Waals surface area contributed by atoms with Gasteiger partial charge in [-0.25, -0.2) is 0 Å². The molecule has 2 heteroatoms. The van der Waals surface area contributed by atoms with Crippen molar-refractivity contribution in [3.8, 4) is 0 Å². The van der Waals surface area contributed by atoms with Crippen LogP contribution in [0.25, 0.3) is 10.8 Å². The summed E-state index contributed by atoms with van der Waals surface area (Å²) in [4.78, 5) is 0. The quantitative estimate of drug-likeness (QED) is 0.760. The number of ether oxygens (including phenoxy) is 1. The maximum Gasteiger partial charge on any atom is 0.244 e. The molecule has 2 aromatic carbocycles. The van der Waals surface area contributed by atoms with Gasteiger partial charge in [0.05, 0.1) is 0 Å². The van der Waals surface area contributed by atoms with Crippen molar-refractivity contribution >= 4 is 21.7 Å². The number of hydrogen-bond donors (Lipinski definition) is 0. The number of methoxy groups -OCH3 is 1. The predicted octanol–water partition coefficient (Wildman–Crippen LogP) is 3.90. The lowest BCUT2D eigenvalue weighted by atomic mass is 10.1. The Morgan fingerprint density at radius 3 is 2.44 bits per heavy atom. The minimum Gasteiger partial charge on any atom is -0.333 e. The molecule has 0 aromatic heterocycles. The van der Waals surface area contributed by atoms with Crippen LogP contribution >= 0.6 is 0 Å². The van der Waals surface area contributed by atoms with Gasteiger partial charge in [-0.2, -0.15) is 0 Å². The van der Waals surface area contributed by atoms with Crippen molar-refractivity contribution in [1.29, 1.82) is 0 Å². The molecule has 0 N–H and O–H groups in total. The first kappa shape index (κ1) is 12.1. The average Bonchev–Trinajstić information content (AvgIpc) is 2.93. The van der Waals surface area contributed by atoms with Crippen LogP contribution in [-0.4, -0.2) is 18.6 Å². The van der Waals surface area contributed by atoms with Crippen LogP contribution in [0.5, 0.6) is 0 Å². The molecule has 94 valence electrons. The maximum absolute atomic E-state index is 5.78. The van der Waals surface area contributed by atoms with Crippen LogP contribution in [0, 0.1) is 0 Å². The summed E-state index contributed by atoms with van der Waals surface area (Å²) in [6.07, 6.45) is 2.74. The molecule has 0 saturated carbocycles. The summed E-state index contributed by atoms with van der Waals surface area (Å²) < 4.78 is 5.78. The number of fused-ring (bicyclic) bond motifs is 1. The average molecular weight is 259 g/mol. The van der Waals surface area contributed by atoms with Gasteiger partial charge in [0.2, 0.25) is 5.44 Å². The Labute approximate surface area is 112 Å². The smallest absolute Gasteiger partial charge is 0.244 e. The molecule has 0 spiro atoms. The van der Waals surface area contributed by atoms with Gasteiger partial charge >= 0.3 is 0 Å². The van der Waals surface area contributed by atoms with Crippen molar-refractivity contribution < 1.29 is 4.74 Å². The van der Waals surface area contributed by atoms with Crippen LogP contribution in [0.3, 0.4) is 0 Å². The van der Waals surface area contributed by atoms with Crippen LogP contribution in [0.4, 0.5) is 0 Å². The van der Waals surface area contributed by atoms with E-state index in [2.05, 4.69) is 42.5 Å². The van der Waals surface area contributed by atoms with Gasteiger partial charge in [-0.3, -0.25) is 0 Å². The molecule has 1 atom stereocenters. The largest absolute Gasteiger partial charge is 0.333 e. The van der Waals surface area contributed by atoms with E-state index in [1.165, 1.54) is 40.7 Å². The van der Waals surface area contributed by atoms with Gasteiger partial charge in [-0.15, -0.1) is 0 Å². The first-order valence-electron chi connectivity index (χ1n) is 6.56. The van der Waals surface area contributed by atoms with Crippen molar-refractivity contribution in [2.75, 3.05) is 18.6 Å². The topological polar surface area (TPSA) is 9.23 Å². The molecular weight excluding hydrogens is 240 g/mol. The molecule has 2 aromatic rings. The van der Waals surface area contributed by atoms with E-state index in [1.54, 1.807) is 0 Å². The van der Waals surface area contributed by atoms with Gasteiger partial charge < -0.3 is 4.74 Å². The van der Waals surface area contributed by atoms with Gasteiger partial charge in [-0.1, -0.05) is 36.4 Å². The molecule has 1 nitrogen and oxygen atoms in total. The van der Waals surface area contributed by atoms with Gasteiger partial charge in [0.15, 0.2) is 0 Å². The summed E-state index contributed by atoms with van der Waals surface area (Å²) in [7, 11) is 2.27. The minimum atomic E-state index is 0.303. The zero-order valence-corrected chi connectivity index (χ0v) is 11.6. The third kappa shape index (κ3) is 2.27. The monoisotopic (exact) mass is 259 g/mol. The van der Waals surface area contributed by atoms with Crippen molar-refractivity contribution in [1.82, 2.24) is 0 Å². The molecule has 1 unspecified atom stereocenters. The molecule has 0 radical (unpaired) electrons. The Morgan fingerprint density at radius 1 is 1.00 bits per heavy atom. The summed E-state index contributed by atoms with van der Waals surface area (Å²) in [5, 5.41) is 2.63.